The average molecular weight is 278 g/mol. The molecule has 0 aliphatic rings. The van der Waals surface area contributed by atoms with Crippen LogP contribution in [-0.4, -0.2) is 32.8 Å². The van der Waals surface area contributed by atoms with Gasteiger partial charge >= 0.3 is 0 Å². The van der Waals surface area contributed by atoms with Gasteiger partial charge in [-0.3, -0.25) is 0 Å². The second-order valence-corrected chi connectivity index (χ2v) is 7.05. The summed E-state index contributed by atoms with van der Waals surface area (Å²) in [5, 5.41) is 3.13. The topological polar surface area (TPSA) is 58.2 Å². The lowest BCUT2D eigenvalue weighted by Crippen LogP contribution is -2.39. The fourth-order valence-electron chi connectivity index (χ4n) is 1.86. The Balaban J connectivity index is 4.14. The van der Waals surface area contributed by atoms with Crippen molar-refractivity contribution in [1.29, 1.82) is 0 Å². The highest BCUT2D eigenvalue weighted by Crippen LogP contribution is 2.08. The second kappa shape index (κ2) is 9.75. The van der Waals surface area contributed by atoms with Crippen LogP contribution in [0.5, 0.6) is 0 Å². The Morgan fingerprint density at radius 2 is 1.72 bits per heavy atom. The van der Waals surface area contributed by atoms with Gasteiger partial charge in [0.25, 0.3) is 0 Å². The molecule has 0 saturated heterocycles. The third-order valence-electron chi connectivity index (χ3n) is 2.81. The first-order valence-corrected chi connectivity index (χ1v) is 8.79. The molecule has 0 spiro atoms. The maximum absolute atomic E-state index is 11.9. The minimum atomic E-state index is -3.14. The fourth-order valence-corrected chi connectivity index (χ4v) is 3.10. The lowest BCUT2D eigenvalue weighted by Gasteiger charge is -2.18. The Morgan fingerprint density at radius 1 is 1.06 bits per heavy atom. The average Bonchev–Trinajstić information content (AvgIpc) is 2.25. The van der Waals surface area contributed by atoms with Gasteiger partial charge in [0.2, 0.25) is 10.0 Å². The summed E-state index contributed by atoms with van der Waals surface area (Å²) in [7, 11) is -3.14. The predicted octanol–water partition coefficient (Wildman–Crippen LogP) is 2.26. The van der Waals surface area contributed by atoms with Crippen LogP contribution in [0.25, 0.3) is 0 Å². The van der Waals surface area contributed by atoms with E-state index in [9.17, 15) is 8.42 Å². The minimum absolute atomic E-state index is 0.110. The van der Waals surface area contributed by atoms with Gasteiger partial charge in [0.15, 0.2) is 0 Å². The summed E-state index contributed by atoms with van der Waals surface area (Å²) in [4.78, 5) is 0. The molecule has 4 nitrogen and oxygen atoms in total. The Labute approximate surface area is 113 Å². The van der Waals surface area contributed by atoms with Crippen molar-refractivity contribution >= 4 is 10.0 Å². The van der Waals surface area contributed by atoms with E-state index in [2.05, 4.69) is 23.9 Å². The molecule has 1 unspecified atom stereocenters. The van der Waals surface area contributed by atoms with Gasteiger partial charge in [-0.25, -0.2) is 13.1 Å². The smallest absolute Gasteiger partial charge is 0.213 e. The highest BCUT2D eigenvalue weighted by molar-refractivity contribution is 7.89. The Hall–Kier alpha value is -0.130. The third-order valence-corrected chi connectivity index (χ3v) is 4.25. The lowest BCUT2D eigenvalue weighted by molar-refractivity contribution is 0.481. The van der Waals surface area contributed by atoms with Crippen molar-refractivity contribution in [2.24, 2.45) is 0 Å². The zero-order valence-electron chi connectivity index (χ0n) is 12.3. The molecule has 0 aliphatic carbocycles. The van der Waals surface area contributed by atoms with Crippen molar-refractivity contribution in [1.82, 2.24) is 10.0 Å². The van der Waals surface area contributed by atoms with Crippen molar-refractivity contribution in [3.8, 4) is 0 Å². The molecule has 0 saturated carbocycles. The van der Waals surface area contributed by atoms with Crippen LogP contribution < -0.4 is 10.0 Å². The first-order chi connectivity index (χ1) is 8.41. The SMILES string of the molecule is CCCCC(CCC)NS(=O)(=O)CCNC(C)C. The first-order valence-electron chi connectivity index (χ1n) is 7.14. The molecule has 0 rings (SSSR count). The van der Waals surface area contributed by atoms with Crippen LogP contribution in [0.1, 0.15) is 59.8 Å². The minimum Gasteiger partial charge on any atom is -0.313 e. The van der Waals surface area contributed by atoms with E-state index in [0.29, 0.717) is 12.6 Å². The van der Waals surface area contributed by atoms with Crippen LogP contribution in [0, 0.1) is 0 Å². The molecule has 0 aliphatic heterocycles. The van der Waals surface area contributed by atoms with Crippen LogP contribution in [0.15, 0.2) is 0 Å². The zero-order chi connectivity index (χ0) is 14.0. The number of nitrogens with one attached hydrogen (secondary N) is 2. The van der Waals surface area contributed by atoms with Crippen molar-refractivity contribution < 1.29 is 8.42 Å². The van der Waals surface area contributed by atoms with Crippen LogP contribution in [0.3, 0.4) is 0 Å². The highest BCUT2D eigenvalue weighted by atomic mass is 32.2. The molecule has 0 aromatic carbocycles. The van der Waals surface area contributed by atoms with Crippen molar-refractivity contribution in [2.75, 3.05) is 12.3 Å². The number of unbranched alkanes of at least 4 members (excludes halogenated alkanes) is 1. The molecular formula is C13H30N2O2S. The van der Waals surface area contributed by atoms with Gasteiger partial charge in [-0.2, -0.15) is 0 Å². The molecule has 1 atom stereocenters. The highest BCUT2D eigenvalue weighted by Gasteiger charge is 2.16. The number of sulfonamides is 1. The van der Waals surface area contributed by atoms with E-state index in [4.69, 9.17) is 0 Å². The summed E-state index contributed by atoms with van der Waals surface area (Å²) in [5.41, 5.74) is 0. The summed E-state index contributed by atoms with van der Waals surface area (Å²) >= 11 is 0. The molecule has 2 N–H and O–H groups in total. The maximum atomic E-state index is 11.9. The molecule has 110 valence electrons. The summed E-state index contributed by atoms with van der Waals surface area (Å²) in [6, 6.07) is 0.436. The molecule has 18 heavy (non-hydrogen) atoms. The first kappa shape index (κ1) is 17.9. The van der Waals surface area contributed by atoms with E-state index in [0.717, 1.165) is 32.1 Å². The molecule has 0 aromatic rings. The van der Waals surface area contributed by atoms with E-state index >= 15 is 0 Å². The Morgan fingerprint density at radius 3 is 2.22 bits per heavy atom. The van der Waals surface area contributed by atoms with E-state index in [-0.39, 0.29) is 11.8 Å². The standard InChI is InChI=1S/C13H30N2O2S/c1-5-7-9-13(8-6-2)15-18(16,17)11-10-14-12(3)4/h12-15H,5-11H2,1-4H3. The summed E-state index contributed by atoms with van der Waals surface area (Å²) in [6.07, 6.45) is 5.08. The van der Waals surface area contributed by atoms with Crippen LogP contribution >= 0.6 is 0 Å². The van der Waals surface area contributed by atoms with E-state index < -0.39 is 10.0 Å². The van der Waals surface area contributed by atoms with Crippen LogP contribution in [0.4, 0.5) is 0 Å². The third kappa shape index (κ3) is 9.85. The predicted molar refractivity (Wildman–Crippen MR) is 78.3 cm³/mol. The Kier molecular flexibility index (Phi) is 9.68. The van der Waals surface area contributed by atoms with Crippen molar-refractivity contribution in [3.63, 3.8) is 0 Å². The van der Waals surface area contributed by atoms with E-state index in [1.165, 1.54) is 0 Å². The largest absolute Gasteiger partial charge is 0.313 e. The number of hydrogen-bond donors (Lipinski definition) is 2. The molecule has 0 radical (unpaired) electrons. The van der Waals surface area contributed by atoms with Crippen molar-refractivity contribution in [2.45, 2.75) is 71.9 Å². The normalized spacial score (nSPS) is 14.1. The number of rotatable bonds is 11. The molecule has 0 fully saturated rings. The number of hydrogen-bond acceptors (Lipinski definition) is 3. The van der Waals surface area contributed by atoms with Gasteiger partial charge in [-0.15, -0.1) is 0 Å². The molecule has 0 heterocycles. The summed E-state index contributed by atoms with van der Waals surface area (Å²) in [6.45, 7) is 8.76. The van der Waals surface area contributed by atoms with E-state index in [1.807, 2.05) is 13.8 Å². The van der Waals surface area contributed by atoms with E-state index in [1.54, 1.807) is 0 Å². The molecule has 0 amide bonds. The van der Waals surface area contributed by atoms with Gasteiger partial charge in [-0.05, 0) is 12.8 Å². The zero-order valence-corrected chi connectivity index (χ0v) is 13.1. The van der Waals surface area contributed by atoms with Crippen LogP contribution in [0.2, 0.25) is 0 Å². The summed E-state index contributed by atoms with van der Waals surface area (Å²) in [5.74, 6) is 0.164. The van der Waals surface area contributed by atoms with Gasteiger partial charge < -0.3 is 5.32 Å². The van der Waals surface area contributed by atoms with Gasteiger partial charge in [0.1, 0.15) is 0 Å². The van der Waals surface area contributed by atoms with Crippen molar-refractivity contribution in [3.05, 3.63) is 0 Å². The van der Waals surface area contributed by atoms with Gasteiger partial charge in [0, 0.05) is 18.6 Å². The Bertz CT molecular complexity index is 289. The van der Waals surface area contributed by atoms with Gasteiger partial charge in [-0.1, -0.05) is 47.0 Å². The molecule has 0 aromatic heterocycles. The molecule has 0 bridgehead atoms. The maximum Gasteiger partial charge on any atom is 0.213 e. The lowest BCUT2D eigenvalue weighted by atomic mass is 10.1. The second-order valence-electron chi connectivity index (χ2n) is 5.17. The molecule has 5 heteroatoms. The van der Waals surface area contributed by atoms with Crippen LogP contribution in [-0.2, 0) is 10.0 Å². The summed E-state index contributed by atoms with van der Waals surface area (Å²) < 4.78 is 26.7. The van der Waals surface area contributed by atoms with Gasteiger partial charge in [0.05, 0.1) is 5.75 Å². The fraction of sp³-hybridized carbons (Fsp3) is 1.00. The monoisotopic (exact) mass is 278 g/mol. The quantitative estimate of drug-likeness (QED) is 0.609. The molecular weight excluding hydrogens is 248 g/mol.